The highest BCUT2D eigenvalue weighted by Crippen LogP contribution is 2.26. The van der Waals surface area contributed by atoms with Gasteiger partial charge in [-0.2, -0.15) is 0 Å². The van der Waals surface area contributed by atoms with Crippen LogP contribution in [0.15, 0.2) is 41.5 Å². The number of hydrogen-bond acceptors (Lipinski definition) is 5. The Balaban J connectivity index is 1.73. The quantitative estimate of drug-likeness (QED) is 0.695. The van der Waals surface area contributed by atoms with Crippen molar-refractivity contribution < 1.29 is 14.6 Å². The molecule has 0 unspecified atom stereocenters. The summed E-state index contributed by atoms with van der Waals surface area (Å²) in [4.78, 5) is 28.6. The fourth-order valence-corrected chi connectivity index (χ4v) is 3.44. The number of rotatable bonds is 6. The number of carboxylic acid groups (broad SMARTS) is 1. The summed E-state index contributed by atoms with van der Waals surface area (Å²) >= 11 is 1.03. The number of benzene rings is 1. The summed E-state index contributed by atoms with van der Waals surface area (Å²) in [6.07, 6.45) is 2.12. The molecule has 6 nitrogen and oxygen atoms in total. The van der Waals surface area contributed by atoms with Gasteiger partial charge >= 0.3 is 5.97 Å². The van der Waals surface area contributed by atoms with Crippen LogP contribution in [0.3, 0.4) is 0 Å². The fraction of sp³-hybridized carbons (Fsp3) is 0.235. The molecule has 0 bridgehead atoms. The minimum Gasteiger partial charge on any atom is -0.494 e. The van der Waals surface area contributed by atoms with Crippen molar-refractivity contribution in [2.45, 2.75) is 19.9 Å². The number of nitrogens with zero attached hydrogens (tertiary/aromatic N) is 2. The molecule has 3 aromatic rings. The molecule has 0 aliphatic rings. The summed E-state index contributed by atoms with van der Waals surface area (Å²) < 4.78 is 7.10. The lowest BCUT2D eigenvalue weighted by Gasteiger charge is -2.07. The first-order valence-corrected chi connectivity index (χ1v) is 8.29. The lowest BCUT2D eigenvalue weighted by molar-refractivity contribution is 0.0701. The number of thiophene rings is 1. The Bertz CT molecular complexity index is 931. The topological polar surface area (TPSA) is 81.4 Å². The molecule has 0 saturated heterocycles. The predicted molar refractivity (Wildman–Crippen MR) is 92.1 cm³/mol. The normalized spacial score (nSPS) is 10.9. The fourth-order valence-electron chi connectivity index (χ4n) is 2.46. The average Bonchev–Trinajstić information content (AvgIpc) is 2.92. The van der Waals surface area contributed by atoms with E-state index in [0.29, 0.717) is 35.4 Å². The lowest BCUT2D eigenvalue weighted by atomic mass is 10.2. The number of ether oxygens (including phenoxy) is 1. The van der Waals surface area contributed by atoms with Crippen LogP contribution in [0.4, 0.5) is 0 Å². The zero-order valence-electron chi connectivity index (χ0n) is 13.1. The van der Waals surface area contributed by atoms with E-state index in [1.165, 1.54) is 10.9 Å². The Hall–Kier alpha value is -2.67. The van der Waals surface area contributed by atoms with E-state index in [4.69, 9.17) is 9.84 Å². The summed E-state index contributed by atoms with van der Waals surface area (Å²) in [5.41, 5.74) is 0.274. The number of para-hydroxylation sites is 1. The van der Waals surface area contributed by atoms with Gasteiger partial charge in [0.25, 0.3) is 5.56 Å². The van der Waals surface area contributed by atoms with E-state index in [9.17, 15) is 9.59 Å². The maximum Gasteiger partial charge on any atom is 0.346 e. The second-order valence-corrected chi connectivity index (χ2v) is 6.30. The number of fused-ring (bicyclic) bond motifs is 1. The van der Waals surface area contributed by atoms with Crippen LogP contribution >= 0.6 is 11.3 Å². The average molecular weight is 344 g/mol. The Kier molecular flexibility index (Phi) is 4.61. The second-order valence-electron chi connectivity index (χ2n) is 5.30. The lowest BCUT2D eigenvalue weighted by Crippen LogP contribution is -2.21. The van der Waals surface area contributed by atoms with Crippen molar-refractivity contribution in [2.24, 2.45) is 0 Å². The molecule has 0 fully saturated rings. The van der Waals surface area contributed by atoms with E-state index in [1.807, 2.05) is 30.3 Å². The van der Waals surface area contributed by atoms with Crippen LogP contribution in [0.5, 0.6) is 5.75 Å². The second kappa shape index (κ2) is 6.84. The van der Waals surface area contributed by atoms with Gasteiger partial charge in [0.1, 0.15) is 15.5 Å². The molecular weight excluding hydrogens is 328 g/mol. The minimum atomic E-state index is -1.03. The predicted octanol–water partition coefficient (Wildman–Crippen LogP) is 2.93. The summed E-state index contributed by atoms with van der Waals surface area (Å²) in [6.45, 7) is 2.60. The van der Waals surface area contributed by atoms with E-state index in [0.717, 1.165) is 17.1 Å². The van der Waals surface area contributed by atoms with E-state index >= 15 is 0 Å². The first-order valence-electron chi connectivity index (χ1n) is 7.47. The van der Waals surface area contributed by atoms with Gasteiger partial charge in [0.15, 0.2) is 0 Å². The molecule has 0 saturated carbocycles. The molecule has 24 heavy (non-hydrogen) atoms. The number of carboxylic acids is 1. The molecule has 0 radical (unpaired) electrons. The van der Waals surface area contributed by atoms with E-state index < -0.39 is 5.97 Å². The molecule has 0 atom stereocenters. The Labute approximate surface area is 142 Å². The molecule has 2 heterocycles. The van der Waals surface area contributed by atoms with Gasteiger partial charge in [0.05, 0.1) is 18.3 Å². The highest BCUT2D eigenvalue weighted by Gasteiger charge is 2.18. The molecule has 1 N–H and O–H groups in total. The molecule has 124 valence electrons. The molecule has 0 aliphatic heterocycles. The van der Waals surface area contributed by atoms with Crippen LogP contribution in [-0.2, 0) is 6.54 Å². The van der Waals surface area contributed by atoms with E-state index in [2.05, 4.69) is 4.98 Å². The van der Waals surface area contributed by atoms with Crippen molar-refractivity contribution in [3.05, 3.63) is 57.5 Å². The van der Waals surface area contributed by atoms with Crippen molar-refractivity contribution in [1.29, 1.82) is 0 Å². The number of carbonyl (C=O) groups is 1. The van der Waals surface area contributed by atoms with Crippen LogP contribution < -0.4 is 10.3 Å². The third-order valence-corrected chi connectivity index (χ3v) is 4.85. The molecule has 7 heteroatoms. The Morgan fingerprint density at radius 1 is 1.33 bits per heavy atom. The van der Waals surface area contributed by atoms with Gasteiger partial charge in [0.2, 0.25) is 0 Å². The first kappa shape index (κ1) is 16.2. The summed E-state index contributed by atoms with van der Waals surface area (Å²) in [7, 11) is 0. The SMILES string of the molecule is Cc1c(C(=O)O)sc2ncn(CCCOc3ccccc3)c(=O)c12. The summed E-state index contributed by atoms with van der Waals surface area (Å²) in [5.74, 6) is -0.240. The van der Waals surface area contributed by atoms with E-state index in [-0.39, 0.29) is 10.4 Å². The highest BCUT2D eigenvalue weighted by atomic mass is 32.1. The number of aryl methyl sites for hydroxylation is 2. The van der Waals surface area contributed by atoms with Gasteiger partial charge in [-0.05, 0) is 31.0 Å². The van der Waals surface area contributed by atoms with Gasteiger partial charge in [-0.15, -0.1) is 11.3 Å². The molecule has 3 rings (SSSR count). The third-order valence-electron chi connectivity index (χ3n) is 3.67. The number of aromatic carboxylic acids is 1. The third kappa shape index (κ3) is 3.16. The maximum absolute atomic E-state index is 12.5. The minimum absolute atomic E-state index is 0.166. The maximum atomic E-state index is 12.5. The van der Waals surface area contributed by atoms with Crippen molar-refractivity contribution in [2.75, 3.05) is 6.61 Å². The standard InChI is InChI=1S/C17H16N2O4S/c1-11-13-15(24-14(11)17(21)22)18-10-19(16(13)20)8-5-9-23-12-6-3-2-4-7-12/h2-4,6-7,10H,5,8-9H2,1H3,(H,21,22). The zero-order valence-corrected chi connectivity index (χ0v) is 13.9. The zero-order chi connectivity index (χ0) is 17.1. The van der Waals surface area contributed by atoms with Crippen LogP contribution in [0.1, 0.15) is 21.7 Å². The molecule has 0 spiro atoms. The van der Waals surface area contributed by atoms with E-state index in [1.54, 1.807) is 6.92 Å². The number of aromatic nitrogens is 2. The molecule has 2 aromatic heterocycles. The number of hydrogen-bond donors (Lipinski definition) is 1. The molecule has 0 amide bonds. The van der Waals surface area contributed by atoms with Crippen molar-refractivity contribution in [1.82, 2.24) is 9.55 Å². The van der Waals surface area contributed by atoms with Crippen molar-refractivity contribution >= 4 is 27.5 Å². The van der Waals surface area contributed by atoms with Crippen molar-refractivity contribution in [3.8, 4) is 5.75 Å². The largest absolute Gasteiger partial charge is 0.494 e. The monoisotopic (exact) mass is 344 g/mol. The highest BCUT2D eigenvalue weighted by molar-refractivity contribution is 7.20. The van der Waals surface area contributed by atoms with Gasteiger partial charge in [-0.1, -0.05) is 18.2 Å². The van der Waals surface area contributed by atoms with Gasteiger partial charge in [-0.25, -0.2) is 9.78 Å². The Morgan fingerprint density at radius 2 is 2.08 bits per heavy atom. The molecular formula is C17H16N2O4S. The van der Waals surface area contributed by atoms with Crippen LogP contribution in [0.25, 0.3) is 10.2 Å². The summed E-state index contributed by atoms with van der Waals surface area (Å²) in [6, 6.07) is 9.47. The van der Waals surface area contributed by atoms with Gasteiger partial charge < -0.3 is 9.84 Å². The Morgan fingerprint density at radius 3 is 2.79 bits per heavy atom. The van der Waals surface area contributed by atoms with Gasteiger partial charge in [0, 0.05) is 6.54 Å². The van der Waals surface area contributed by atoms with Crippen LogP contribution in [-0.4, -0.2) is 27.2 Å². The smallest absolute Gasteiger partial charge is 0.346 e. The van der Waals surface area contributed by atoms with Crippen LogP contribution in [0.2, 0.25) is 0 Å². The first-order chi connectivity index (χ1) is 11.6. The van der Waals surface area contributed by atoms with Crippen molar-refractivity contribution in [3.63, 3.8) is 0 Å². The summed E-state index contributed by atoms with van der Waals surface area (Å²) in [5, 5.41) is 9.56. The van der Waals surface area contributed by atoms with Crippen LogP contribution in [0, 0.1) is 6.92 Å². The molecule has 0 aliphatic carbocycles. The van der Waals surface area contributed by atoms with Gasteiger partial charge in [-0.3, -0.25) is 9.36 Å². The molecule has 1 aromatic carbocycles.